The van der Waals surface area contributed by atoms with Crippen LogP contribution in [-0.2, 0) is 0 Å². The molecule has 0 aliphatic carbocycles. The summed E-state index contributed by atoms with van der Waals surface area (Å²) < 4.78 is 0. The lowest BCUT2D eigenvalue weighted by Gasteiger charge is -2.36. The number of aromatic nitrogens is 1. The quantitative estimate of drug-likeness (QED) is 0.903. The lowest BCUT2D eigenvalue weighted by atomic mass is 10.2. The molecule has 0 amide bonds. The van der Waals surface area contributed by atoms with Gasteiger partial charge in [-0.2, -0.15) is 0 Å². The first-order chi connectivity index (χ1) is 8.52. The van der Waals surface area contributed by atoms with Gasteiger partial charge in [0, 0.05) is 30.6 Å². The van der Waals surface area contributed by atoms with Crippen molar-refractivity contribution in [2.75, 3.05) is 40.8 Å². The van der Waals surface area contributed by atoms with Crippen LogP contribution < -0.4 is 5.32 Å². The Morgan fingerprint density at radius 1 is 1.39 bits per heavy atom. The third-order valence-electron chi connectivity index (χ3n) is 3.81. The number of hydrogen-bond donors (Lipinski definition) is 1. The van der Waals surface area contributed by atoms with Crippen LogP contribution in [0.4, 0.5) is 0 Å². The molecular formula is C13H24N4S. The third-order valence-corrected chi connectivity index (χ3v) is 5.25. The van der Waals surface area contributed by atoms with Crippen LogP contribution in [-0.4, -0.2) is 55.6 Å². The highest BCUT2D eigenvalue weighted by atomic mass is 32.1. The number of rotatable bonds is 3. The second kappa shape index (κ2) is 5.65. The van der Waals surface area contributed by atoms with E-state index in [4.69, 9.17) is 4.98 Å². The van der Waals surface area contributed by atoms with E-state index >= 15 is 0 Å². The molecule has 1 aliphatic heterocycles. The monoisotopic (exact) mass is 268 g/mol. The van der Waals surface area contributed by atoms with Crippen LogP contribution in [0.25, 0.3) is 0 Å². The molecule has 1 aliphatic rings. The fraction of sp³-hybridized carbons (Fsp3) is 0.769. The Balaban J connectivity index is 2.22. The third kappa shape index (κ3) is 2.74. The van der Waals surface area contributed by atoms with E-state index in [0.717, 1.165) is 19.6 Å². The summed E-state index contributed by atoms with van der Waals surface area (Å²) in [7, 11) is 6.40. The van der Waals surface area contributed by atoms with Crippen LogP contribution in [0.2, 0.25) is 0 Å². The average molecular weight is 268 g/mol. The largest absolute Gasteiger partial charge is 0.312 e. The van der Waals surface area contributed by atoms with Crippen molar-refractivity contribution >= 4 is 11.3 Å². The van der Waals surface area contributed by atoms with Crippen molar-refractivity contribution in [1.29, 1.82) is 0 Å². The van der Waals surface area contributed by atoms with Crippen LogP contribution in [0.15, 0.2) is 0 Å². The second-order valence-corrected chi connectivity index (χ2v) is 6.33. The van der Waals surface area contributed by atoms with Crippen molar-refractivity contribution in [2.45, 2.75) is 25.9 Å². The van der Waals surface area contributed by atoms with Crippen LogP contribution in [0.5, 0.6) is 0 Å². The van der Waals surface area contributed by atoms with Gasteiger partial charge in [0.05, 0.1) is 11.7 Å². The lowest BCUT2D eigenvalue weighted by Crippen LogP contribution is -2.44. The van der Waals surface area contributed by atoms with Gasteiger partial charge in [-0.25, -0.2) is 4.98 Å². The van der Waals surface area contributed by atoms with E-state index in [0.29, 0.717) is 12.1 Å². The highest BCUT2D eigenvalue weighted by molar-refractivity contribution is 7.11. The molecule has 1 N–H and O–H groups in total. The Morgan fingerprint density at radius 3 is 2.78 bits per heavy atom. The van der Waals surface area contributed by atoms with Gasteiger partial charge in [-0.05, 0) is 35.0 Å². The normalized spacial score (nSPS) is 24.4. The minimum atomic E-state index is 0.392. The maximum absolute atomic E-state index is 4.80. The number of hydrogen-bond acceptors (Lipinski definition) is 5. The first kappa shape index (κ1) is 13.9. The van der Waals surface area contributed by atoms with E-state index in [1.165, 1.54) is 15.6 Å². The zero-order valence-corrected chi connectivity index (χ0v) is 12.8. The summed E-state index contributed by atoms with van der Waals surface area (Å²) in [6.07, 6.45) is 0. The number of aryl methyl sites for hydroxylation is 1. The van der Waals surface area contributed by atoms with Gasteiger partial charge in [-0.1, -0.05) is 0 Å². The molecule has 102 valence electrons. The SMILES string of the molecule is CNC(C)c1sc(C2CN(C)CCN2C)nc1C. The van der Waals surface area contributed by atoms with Gasteiger partial charge in [-0.15, -0.1) is 11.3 Å². The topological polar surface area (TPSA) is 31.4 Å². The first-order valence-corrected chi connectivity index (χ1v) is 7.37. The predicted molar refractivity (Wildman–Crippen MR) is 77.2 cm³/mol. The van der Waals surface area contributed by atoms with Gasteiger partial charge in [0.2, 0.25) is 0 Å². The zero-order chi connectivity index (χ0) is 13.3. The highest BCUT2D eigenvalue weighted by Gasteiger charge is 2.27. The van der Waals surface area contributed by atoms with E-state index in [1.54, 1.807) is 0 Å². The van der Waals surface area contributed by atoms with Crippen molar-refractivity contribution in [2.24, 2.45) is 0 Å². The van der Waals surface area contributed by atoms with Crippen LogP contribution in [0.1, 0.15) is 34.6 Å². The van der Waals surface area contributed by atoms with Crippen molar-refractivity contribution in [3.8, 4) is 0 Å². The van der Waals surface area contributed by atoms with Crippen molar-refractivity contribution in [3.63, 3.8) is 0 Å². The Kier molecular flexibility index (Phi) is 4.37. The van der Waals surface area contributed by atoms with Gasteiger partial charge >= 0.3 is 0 Å². The predicted octanol–water partition coefficient (Wildman–Crippen LogP) is 1.65. The number of likely N-dealkylation sites (N-methyl/N-ethyl adjacent to an activating group) is 2. The summed E-state index contributed by atoms with van der Waals surface area (Å²) in [5.74, 6) is 0. The molecule has 2 rings (SSSR count). The summed E-state index contributed by atoms with van der Waals surface area (Å²) in [6.45, 7) is 7.67. The summed E-state index contributed by atoms with van der Waals surface area (Å²) in [5.41, 5.74) is 1.18. The minimum absolute atomic E-state index is 0.392. The zero-order valence-electron chi connectivity index (χ0n) is 12.0. The maximum Gasteiger partial charge on any atom is 0.112 e. The molecule has 18 heavy (non-hydrogen) atoms. The Bertz CT molecular complexity index is 404. The number of thiazole rings is 1. The molecule has 1 aromatic rings. The van der Waals surface area contributed by atoms with Crippen LogP contribution in [0, 0.1) is 6.92 Å². The molecular weight excluding hydrogens is 244 g/mol. The smallest absolute Gasteiger partial charge is 0.112 e. The number of nitrogens with zero attached hydrogens (tertiary/aromatic N) is 3. The van der Waals surface area contributed by atoms with E-state index in [9.17, 15) is 0 Å². The summed E-state index contributed by atoms with van der Waals surface area (Å²) >= 11 is 1.86. The minimum Gasteiger partial charge on any atom is -0.312 e. The number of nitrogens with one attached hydrogen (secondary N) is 1. The Labute approximate surface area is 114 Å². The highest BCUT2D eigenvalue weighted by Crippen LogP contribution is 2.32. The molecule has 1 saturated heterocycles. The van der Waals surface area contributed by atoms with Gasteiger partial charge in [0.25, 0.3) is 0 Å². The Hall–Kier alpha value is -0.490. The van der Waals surface area contributed by atoms with Gasteiger partial charge in [0.1, 0.15) is 5.01 Å². The van der Waals surface area contributed by atoms with Crippen LogP contribution >= 0.6 is 11.3 Å². The average Bonchev–Trinajstić information content (AvgIpc) is 2.73. The van der Waals surface area contributed by atoms with Gasteiger partial charge in [-0.3, -0.25) is 4.90 Å². The summed E-state index contributed by atoms with van der Waals surface area (Å²) in [5, 5.41) is 4.57. The van der Waals surface area contributed by atoms with Gasteiger partial charge < -0.3 is 10.2 Å². The molecule has 0 aromatic carbocycles. The molecule has 1 aromatic heterocycles. The van der Waals surface area contributed by atoms with E-state index in [1.807, 2.05) is 18.4 Å². The van der Waals surface area contributed by atoms with Gasteiger partial charge in [0.15, 0.2) is 0 Å². The summed E-state index contributed by atoms with van der Waals surface area (Å²) in [4.78, 5) is 11.0. The van der Waals surface area contributed by atoms with Crippen molar-refractivity contribution < 1.29 is 0 Å². The Morgan fingerprint density at radius 2 is 2.11 bits per heavy atom. The van der Waals surface area contributed by atoms with Crippen LogP contribution in [0.3, 0.4) is 0 Å². The van der Waals surface area contributed by atoms with E-state index in [2.05, 4.69) is 43.1 Å². The fourth-order valence-electron chi connectivity index (χ4n) is 2.38. The molecule has 0 radical (unpaired) electrons. The molecule has 0 saturated carbocycles. The van der Waals surface area contributed by atoms with Crippen molar-refractivity contribution in [3.05, 3.63) is 15.6 Å². The molecule has 1 fully saturated rings. The molecule has 2 unspecified atom stereocenters. The van der Waals surface area contributed by atoms with E-state index < -0.39 is 0 Å². The first-order valence-electron chi connectivity index (χ1n) is 6.56. The van der Waals surface area contributed by atoms with E-state index in [-0.39, 0.29) is 0 Å². The number of piperazine rings is 1. The second-order valence-electron chi connectivity index (χ2n) is 5.27. The molecule has 0 bridgehead atoms. The fourth-order valence-corrected chi connectivity index (χ4v) is 3.67. The molecule has 0 spiro atoms. The van der Waals surface area contributed by atoms with Crippen molar-refractivity contribution in [1.82, 2.24) is 20.1 Å². The summed E-state index contributed by atoms with van der Waals surface area (Å²) in [6, 6.07) is 0.841. The standard InChI is InChI=1S/C13H24N4S/c1-9(14-3)12-10(2)15-13(18-12)11-8-16(4)6-7-17(11)5/h9,11,14H,6-8H2,1-5H3. The molecule has 2 heterocycles. The maximum atomic E-state index is 4.80. The molecule has 2 atom stereocenters. The molecule has 4 nitrogen and oxygen atoms in total. The molecule has 5 heteroatoms. The lowest BCUT2D eigenvalue weighted by molar-refractivity contribution is 0.115.